The van der Waals surface area contributed by atoms with Crippen LogP contribution in [0.4, 0.5) is 5.69 Å². The molecule has 23 heavy (non-hydrogen) atoms. The van der Waals surface area contributed by atoms with Crippen LogP contribution in [0.15, 0.2) is 34.9 Å². The maximum atomic E-state index is 12.3. The molecule has 0 aliphatic heterocycles. The van der Waals surface area contributed by atoms with Gasteiger partial charge in [0.25, 0.3) is 0 Å². The molecule has 1 N–H and O–H groups in total. The van der Waals surface area contributed by atoms with Crippen LogP contribution in [0.5, 0.6) is 0 Å². The van der Waals surface area contributed by atoms with Gasteiger partial charge in [0.1, 0.15) is 5.69 Å². The molecule has 0 radical (unpaired) electrons. The van der Waals surface area contributed by atoms with Crippen molar-refractivity contribution in [1.29, 1.82) is 0 Å². The Labute approximate surface area is 135 Å². The number of anilines is 1. The predicted octanol–water partition coefficient (Wildman–Crippen LogP) is 4.24. The van der Waals surface area contributed by atoms with Crippen molar-refractivity contribution in [2.75, 3.05) is 5.32 Å². The number of amides is 1. The molecule has 4 heteroatoms. The van der Waals surface area contributed by atoms with Gasteiger partial charge in [0.05, 0.1) is 6.42 Å². The Morgan fingerprint density at radius 1 is 1.04 bits per heavy atom. The Balaban J connectivity index is 1.83. The van der Waals surface area contributed by atoms with Crippen LogP contribution in [0, 0.1) is 27.7 Å². The second-order valence-electron chi connectivity index (χ2n) is 6.11. The van der Waals surface area contributed by atoms with Crippen LogP contribution in [-0.2, 0) is 11.2 Å². The Hall–Kier alpha value is -2.62. The molecule has 1 heterocycles. The van der Waals surface area contributed by atoms with Gasteiger partial charge in [-0.05, 0) is 68.1 Å². The summed E-state index contributed by atoms with van der Waals surface area (Å²) in [5.74, 6) is -0.0906. The van der Waals surface area contributed by atoms with Crippen molar-refractivity contribution in [3.05, 3.63) is 58.3 Å². The molecule has 0 saturated carbocycles. The zero-order valence-corrected chi connectivity index (χ0v) is 13.9. The van der Waals surface area contributed by atoms with E-state index < -0.39 is 0 Å². The second-order valence-corrected chi connectivity index (χ2v) is 6.11. The highest BCUT2D eigenvalue weighted by molar-refractivity contribution is 5.95. The molecule has 1 amide bonds. The lowest BCUT2D eigenvalue weighted by Gasteiger charge is -2.08. The van der Waals surface area contributed by atoms with Crippen LogP contribution in [0.3, 0.4) is 0 Å². The van der Waals surface area contributed by atoms with E-state index in [1.165, 1.54) is 0 Å². The molecule has 0 bridgehead atoms. The molecule has 0 aliphatic carbocycles. The molecule has 2 aromatic carbocycles. The molecule has 3 aromatic rings. The zero-order chi connectivity index (χ0) is 16.6. The quantitative estimate of drug-likeness (QED) is 0.787. The lowest BCUT2D eigenvalue weighted by Crippen LogP contribution is -2.15. The molecule has 0 atom stereocenters. The number of aryl methyl sites for hydroxylation is 4. The second kappa shape index (κ2) is 5.88. The number of rotatable bonds is 3. The average molecular weight is 308 g/mol. The number of hydrogen-bond acceptors (Lipinski definition) is 3. The minimum absolute atomic E-state index is 0.0906. The summed E-state index contributed by atoms with van der Waals surface area (Å²) >= 11 is 0. The van der Waals surface area contributed by atoms with E-state index in [0.29, 0.717) is 5.69 Å². The number of nitrogens with one attached hydrogen (secondary N) is 1. The van der Waals surface area contributed by atoms with Gasteiger partial charge in [0.2, 0.25) is 5.91 Å². The molecule has 4 nitrogen and oxygen atoms in total. The van der Waals surface area contributed by atoms with Crippen LogP contribution in [0.25, 0.3) is 11.0 Å². The fourth-order valence-corrected chi connectivity index (χ4v) is 2.59. The van der Waals surface area contributed by atoms with Gasteiger partial charge < -0.3 is 9.84 Å². The van der Waals surface area contributed by atoms with E-state index in [9.17, 15) is 4.79 Å². The molecule has 1 aromatic heterocycles. The first-order chi connectivity index (χ1) is 10.9. The van der Waals surface area contributed by atoms with Gasteiger partial charge in [-0.25, -0.2) is 0 Å². The fourth-order valence-electron chi connectivity index (χ4n) is 2.59. The Bertz CT molecular complexity index is 894. The molecule has 0 spiro atoms. The third-order valence-corrected chi connectivity index (χ3v) is 4.16. The maximum absolute atomic E-state index is 12.3. The van der Waals surface area contributed by atoms with Gasteiger partial charge in [-0.15, -0.1) is 0 Å². The van der Waals surface area contributed by atoms with Crippen molar-refractivity contribution in [3.8, 4) is 0 Å². The Kier molecular flexibility index (Phi) is 3.90. The first-order valence-corrected chi connectivity index (χ1v) is 7.66. The zero-order valence-electron chi connectivity index (χ0n) is 13.9. The number of aromatic nitrogens is 1. The normalized spacial score (nSPS) is 11.0. The standard InChI is InChI=1S/C19H20N2O2/c1-11-5-6-12(2)16(7-11)20-19(22)10-17-15-8-13(3)14(4)9-18(15)23-21-17/h5-9H,10H2,1-4H3,(H,20,22). The van der Waals surface area contributed by atoms with Crippen LogP contribution in [-0.4, -0.2) is 11.1 Å². The van der Waals surface area contributed by atoms with E-state index in [-0.39, 0.29) is 12.3 Å². The highest BCUT2D eigenvalue weighted by Crippen LogP contribution is 2.23. The minimum atomic E-state index is -0.0906. The smallest absolute Gasteiger partial charge is 0.230 e. The summed E-state index contributed by atoms with van der Waals surface area (Å²) in [4.78, 5) is 12.3. The first-order valence-electron chi connectivity index (χ1n) is 7.66. The van der Waals surface area contributed by atoms with Crippen molar-refractivity contribution in [2.45, 2.75) is 34.1 Å². The summed E-state index contributed by atoms with van der Waals surface area (Å²) in [5, 5.41) is 7.93. The third-order valence-electron chi connectivity index (χ3n) is 4.16. The molecule has 0 saturated heterocycles. The Morgan fingerprint density at radius 3 is 2.57 bits per heavy atom. The summed E-state index contributed by atoms with van der Waals surface area (Å²) in [6.07, 6.45) is 0.197. The van der Waals surface area contributed by atoms with Gasteiger partial charge in [0, 0.05) is 11.1 Å². The topological polar surface area (TPSA) is 55.1 Å². The van der Waals surface area contributed by atoms with Gasteiger partial charge >= 0.3 is 0 Å². The lowest BCUT2D eigenvalue weighted by molar-refractivity contribution is -0.115. The first kappa shape index (κ1) is 15.3. The van der Waals surface area contributed by atoms with Crippen molar-refractivity contribution in [3.63, 3.8) is 0 Å². The number of fused-ring (bicyclic) bond motifs is 1. The van der Waals surface area contributed by atoms with E-state index in [1.54, 1.807) is 0 Å². The highest BCUT2D eigenvalue weighted by Gasteiger charge is 2.14. The molecular weight excluding hydrogens is 288 g/mol. The van der Waals surface area contributed by atoms with E-state index in [1.807, 2.05) is 58.0 Å². The van der Waals surface area contributed by atoms with Crippen molar-refractivity contribution in [1.82, 2.24) is 5.16 Å². The van der Waals surface area contributed by atoms with Crippen LogP contribution < -0.4 is 5.32 Å². The van der Waals surface area contributed by atoms with E-state index in [2.05, 4.69) is 10.5 Å². The number of carbonyl (C=O) groups is 1. The lowest BCUT2D eigenvalue weighted by atomic mass is 10.1. The van der Waals surface area contributed by atoms with E-state index in [0.717, 1.165) is 38.9 Å². The van der Waals surface area contributed by atoms with E-state index >= 15 is 0 Å². The van der Waals surface area contributed by atoms with E-state index in [4.69, 9.17) is 4.52 Å². The van der Waals surface area contributed by atoms with Crippen LogP contribution >= 0.6 is 0 Å². The monoisotopic (exact) mass is 308 g/mol. The summed E-state index contributed by atoms with van der Waals surface area (Å²) in [6, 6.07) is 10.00. The molecule has 0 fully saturated rings. The number of nitrogens with zero attached hydrogens (tertiary/aromatic N) is 1. The summed E-state index contributed by atoms with van der Waals surface area (Å²) in [7, 11) is 0. The highest BCUT2D eigenvalue weighted by atomic mass is 16.5. The molecule has 0 aliphatic rings. The fraction of sp³-hybridized carbons (Fsp3) is 0.263. The van der Waals surface area contributed by atoms with Gasteiger partial charge in [-0.3, -0.25) is 4.79 Å². The predicted molar refractivity (Wildman–Crippen MR) is 91.7 cm³/mol. The maximum Gasteiger partial charge on any atom is 0.230 e. The summed E-state index contributed by atoms with van der Waals surface area (Å²) in [6.45, 7) is 8.06. The molecule has 0 unspecified atom stereocenters. The molecular formula is C19H20N2O2. The number of benzene rings is 2. The minimum Gasteiger partial charge on any atom is -0.356 e. The van der Waals surface area contributed by atoms with Crippen LogP contribution in [0.2, 0.25) is 0 Å². The molecule has 118 valence electrons. The molecule has 3 rings (SSSR count). The van der Waals surface area contributed by atoms with Gasteiger partial charge in [-0.1, -0.05) is 17.3 Å². The summed E-state index contributed by atoms with van der Waals surface area (Å²) < 4.78 is 5.35. The largest absolute Gasteiger partial charge is 0.356 e. The third kappa shape index (κ3) is 3.11. The van der Waals surface area contributed by atoms with Crippen molar-refractivity contribution in [2.24, 2.45) is 0 Å². The van der Waals surface area contributed by atoms with Crippen molar-refractivity contribution < 1.29 is 9.32 Å². The van der Waals surface area contributed by atoms with Gasteiger partial charge in [-0.2, -0.15) is 0 Å². The van der Waals surface area contributed by atoms with Crippen LogP contribution in [0.1, 0.15) is 27.9 Å². The summed E-state index contributed by atoms with van der Waals surface area (Å²) in [5.41, 5.74) is 6.71. The number of hydrogen-bond donors (Lipinski definition) is 1. The van der Waals surface area contributed by atoms with Gasteiger partial charge in [0.15, 0.2) is 5.58 Å². The number of carbonyl (C=O) groups excluding carboxylic acids is 1. The Morgan fingerprint density at radius 2 is 1.78 bits per heavy atom. The van der Waals surface area contributed by atoms with Crippen molar-refractivity contribution >= 4 is 22.6 Å². The average Bonchev–Trinajstić information content (AvgIpc) is 2.85. The SMILES string of the molecule is Cc1ccc(C)c(NC(=O)Cc2noc3cc(C)c(C)cc23)c1.